The number of aryl methyl sites for hydroxylation is 1. The molecule has 0 radical (unpaired) electrons. The van der Waals surface area contributed by atoms with E-state index in [1.54, 1.807) is 29.2 Å². The number of nitro benzene ring substituents is 1. The second-order valence-corrected chi connectivity index (χ2v) is 8.65. The normalized spacial score (nSPS) is 13.6. The predicted octanol–water partition coefficient (Wildman–Crippen LogP) is 4.86. The van der Waals surface area contributed by atoms with Crippen molar-refractivity contribution >= 4 is 17.3 Å². The third kappa shape index (κ3) is 4.43. The summed E-state index contributed by atoms with van der Waals surface area (Å²) < 4.78 is 16.0. The lowest BCUT2D eigenvalue weighted by Crippen LogP contribution is -2.49. The molecule has 0 spiro atoms. The van der Waals surface area contributed by atoms with Crippen molar-refractivity contribution in [3.8, 4) is 16.9 Å². The van der Waals surface area contributed by atoms with Crippen LogP contribution in [0.15, 0.2) is 78.9 Å². The van der Waals surface area contributed by atoms with Crippen LogP contribution >= 0.6 is 0 Å². The number of benzene rings is 3. The molecule has 8 nitrogen and oxygen atoms in total. The number of anilines is 1. The zero-order valence-electron chi connectivity index (χ0n) is 19.7. The van der Waals surface area contributed by atoms with Gasteiger partial charge in [-0.1, -0.05) is 30.3 Å². The minimum absolute atomic E-state index is 0.0690. The molecule has 36 heavy (non-hydrogen) atoms. The largest absolute Gasteiger partial charge is 0.368 e. The molecule has 0 unspecified atom stereocenters. The number of rotatable bonds is 5. The molecule has 182 valence electrons. The van der Waals surface area contributed by atoms with Crippen LogP contribution in [0.2, 0.25) is 0 Å². The molecule has 9 heteroatoms. The standard InChI is InChI=1S/C27H24FN5O3/c1-19-6-2-5-9-25(19)30-14-16-31(17-15-30)27(34)26-18-24(22-7-3-4-8-23(22)28)29-32(26)20-10-12-21(13-11-20)33(35)36/h2-13,18H,14-17H2,1H3. The van der Waals surface area contributed by atoms with Crippen molar-refractivity contribution in [3.05, 3.63) is 106 Å². The van der Waals surface area contributed by atoms with Crippen LogP contribution in [-0.2, 0) is 0 Å². The second-order valence-electron chi connectivity index (χ2n) is 8.65. The Morgan fingerprint density at radius 1 is 0.944 bits per heavy atom. The van der Waals surface area contributed by atoms with Crippen LogP contribution in [0.1, 0.15) is 16.1 Å². The van der Waals surface area contributed by atoms with Gasteiger partial charge in [-0.25, -0.2) is 9.07 Å². The van der Waals surface area contributed by atoms with E-state index in [0.29, 0.717) is 37.6 Å². The number of amides is 1. The number of halogens is 1. The number of carbonyl (C=O) groups is 1. The van der Waals surface area contributed by atoms with Crippen molar-refractivity contribution in [3.63, 3.8) is 0 Å². The van der Waals surface area contributed by atoms with E-state index in [-0.39, 0.29) is 22.9 Å². The molecule has 0 N–H and O–H groups in total. The first-order valence-electron chi connectivity index (χ1n) is 11.6. The van der Waals surface area contributed by atoms with Gasteiger partial charge in [-0.05, 0) is 48.9 Å². The Hall–Kier alpha value is -4.53. The number of hydrogen-bond acceptors (Lipinski definition) is 5. The van der Waals surface area contributed by atoms with E-state index < -0.39 is 10.7 Å². The molecule has 0 atom stereocenters. The zero-order chi connectivity index (χ0) is 25.2. The van der Waals surface area contributed by atoms with E-state index in [1.807, 2.05) is 12.1 Å². The van der Waals surface area contributed by atoms with Gasteiger partial charge >= 0.3 is 0 Å². The molecular formula is C27H24FN5O3. The lowest BCUT2D eigenvalue weighted by atomic mass is 10.1. The summed E-state index contributed by atoms with van der Waals surface area (Å²) in [7, 11) is 0. The Morgan fingerprint density at radius 2 is 1.61 bits per heavy atom. The van der Waals surface area contributed by atoms with E-state index in [0.717, 1.165) is 5.69 Å². The summed E-state index contributed by atoms with van der Waals surface area (Å²) in [5.41, 5.74) is 3.60. The molecule has 3 aromatic carbocycles. The van der Waals surface area contributed by atoms with Gasteiger partial charge in [0.1, 0.15) is 11.5 Å². The van der Waals surface area contributed by atoms with Crippen LogP contribution in [0.4, 0.5) is 15.8 Å². The molecule has 2 heterocycles. The zero-order valence-corrected chi connectivity index (χ0v) is 19.7. The highest BCUT2D eigenvalue weighted by atomic mass is 19.1. The van der Waals surface area contributed by atoms with Crippen molar-refractivity contribution in [1.29, 1.82) is 0 Å². The average Bonchev–Trinajstić information content (AvgIpc) is 3.34. The van der Waals surface area contributed by atoms with Crippen molar-refractivity contribution in [2.45, 2.75) is 6.92 Å². The average molecular weight is 486 g/mol. The number of aromatic nitrogens is 2. The molecule has 4 aromatic rings. The highest BCUT2D eigenvalue weighted by Gasteiger charge is 2.27. The van der Waals surface area contributed by atoms with Gasteiger partial charge in [0.2, 0.25) is 0 Å². The maximum Gasteiger partial charge on any atom is 0.272 e. The fourth-order valence-electron chi connectivity index (χ4n) is 4.48. The topological polar surface area (TPSA) is 84.5 Å². The molecule has 1 amide bonds. The van der Waals surface area contributed by atoms with E-state index in [4.69, 9.17) is 0 Å². The summed E-state index contributed by atoms with van der Waals surface area (Å²) in [4.78, 5) is 28.3. The molecule has 1 aliphatic rings. The predicted molar refractivity (Wildman–Crippen MR) is 135 cm³/mol. The number of para-hydroxylation sites is 1. The highest BCUT2D eigenvalue weighted by molar-refractivity contribution is 5.94. The molecule has 5 rings (SSSR count). The summed E-state index contributed by atoms with van der Waals surface area (Å²) in [6.45, 7) is 4.48. The van der Waals surface area contributed by atoms with Crippen molar-refractivity contribution in [1.82, 2.24) is 14.7 Å². The lowest BCUT2D eigenvalue weighted by Gasteiger charge is -2.36. The fraction of sp³-hybridized carbons (Fsp3) is 0.185. The lowest BCUT2D eigenvalue weighted by molar-refractivity contribution is -0.384. The van der Waals surface area contributed by atoms with Crippen LogP contribution in [0.5, 0.6) is 0 Å². The monoisotopic (exact) mass is 485 g/mol. The maximum atomic E-state index is 14.5. The van der Waals surface area contributed by atoms with Crippen molar-refractivity contribution in [2.75, 3.05) is 31.1 Å². The molecular weight excluding hydrogens is 461 g/mol. The first-order chi connectivity index (χ1) is 17.4. The quantitative estimate of drug-likeness (QED) is 0.298. The molecule has 1 fully saturated rings. The van der Waals surface area contributed by atoms with Crippen LogP contribution in [0.25, 0.3) is 16.9 Å². The van der Waals surface area contributed by atoms with Crippen LogP contribution in [-0.4, -0.2) is 51.7 Å². The Bertz CT molecular complexity index is 1430. The van der Waals surface area contributed by atoms with Gasteiger partial charge in [0.05, 0.1) is 16.3 Å². The summed E-state index contributed by atoms with van der Waals surface area (Å²) >= 11 is 0. The number of nitro groups is 1. The van der Waals surface area contributed by atoms with E-state index >= 15 is 0 Å². The van der Waals surface area contributed by atoms with E-state index in [9.17, 15) is 19.3 Å². The van der Waals surface area contributed by atoms with Gasteiger partial charge in [-0.3, -0.25) is 14.9 Å². The van der Waals surface area contributed by atoms with Gasteiger partial charge in [0, 0.05) is 49.6 Å². The number of nitrogens with zero attached hydrogens (tertiary/aromatic N) is 5. The number of hydrogen-bond donors (Lipinski definition) is 0. The van der Waals surface area contributed by atoms with Gasteiger partial charge in [-0.2, -0.15) is 5.10 Å². The molecule has 1 aliphatic heterocycles. The van der Waals surface area contributed by atoms with Gasteiger partial charge in [0.15, 0.2) is 0 Å². The third-order valence-electron chi connectivity index (χ3n) is 6.41. The Kier molecular flexibility index (Phi) is 6.20. The summed E-state index contributed by atoms with van der Waals surface area (Å²) in [5.74, 6) is -0.676. The number of carbonyl (C=O) groups excluding carboxylic acids is 1. The minimum Gasteiger partial charge on any atom is -0.368 e. The Labute approximate surface area is 207 Å². The van der Waals surface area contributed by atoms with Gasteiger partial charge < -0.3 is 9.80 Å². The molecule has 0 bridgehead atoms. The summed E-state index contributed by atoms with van der Waals surface area (Å²) in [5, 5.41) is 15.6. The van der Waals surface area contributed by atoms with Crippen LogP contribution in [0, 0.1) is 22.9 Å². The summed E-state index contributed by atoms with van der Waals surface area (Å²) in [6.07, 6.45) is 0. The molecule has 1 saturated heterocycles. The number of piperazine rings is 1. The van der Waals surface area contributed by atoms with Crippen molar-refractivity contribution < 1.29 is 14.1 Å². The molecule has 1 aromatic heterocycles. The van der Waals surface area contributed by atoms with Crippen molar-refractivity contribution in [2.24, 2.45) is 0 Å². The van der Waals surface area contributed by atoms with E-state index in [1.165, 1.54) is 40.6 Å². The first kappa shape index (κ1) is 23.2. The Morgan fingerprint density at radius 3 is 2.28 bits per heavy atom. The van der Waals surface area contributed by atoms with Crippen LogP contribution < -0.4 is 4.90 Å². The second kappa shape index (κ2) is 9.61. The van der Waals surface area contributed by atoms with Gasteiger partial charge in [-0.15, -0.1) is 0 Å². The highest BCUT2D eigenvalue weighted by Crippen LogP contribution is 2.27. The minimum atomic E-state index is -0.488. The molecule has 0 aliphatic carbocycles. The first-order valence-corrected chi connectivity index (χ1v) is 11.6. The van der Waals surface area contributed by atoms with E-state index in [2.05, 4.69) is 29.1 Å². The SMILES string of the molecule is Cc1ccccc1N1CCN(C(=O)c2cc(-c3ccccc3F)nn2-c2ccc([N+](=O)[O-])cc2)CC1. The van der Waals surface area contributed by atoms with Crippen LogP contribution in [0.3, 0.4) is 0 Å². The smallest absolute Gasteiger partial charge is 0.272 e. The Balaban J connectivity index is 1.46. The summed E-state index contributed by atoms with van der Waals surface area (Å²) in [6, 6.07) is 21.8. The molecule has 0 saturated carbocycles. The maximum absolute atomic E-state index is 14.5. The fourth-order valence-corrected chi connectivity index (χ4v) is 4.48. The number of non-ortho nitro benzene ring substituents is 1. The van der Waals surface area contributed by atoms with Gasteiger partial charge in [0.25, 0.3) is 11.6 Å². The third-order valence-corrected chi connectivity index (χ3v) is 6.41.